The third-order valence-corrected chi connectivity index (χ3v) is 4.12. The highest BCUT2D eigenvalue weighted by molar-refractivity contribution is 7.99. The molecule has 0 spiro atoms. The van der Waals surface area contributed by atoms with Gasteiger partial charge in [-0.25, -0.2) is 0 Å². The van der Waals surface area contributed by atoms with Gasteiger partial charge in [-0.1, -0.05) is 6.92 Å². The molecule has 1 aliphatic rings. The summed E-state index contributed by atoms with van der Waals surface area (Å²) in [7, 11) is 0. The van der Waals surface area contributed by atoms with E-state index in [0.717, 1.165) is 18.3 Å². The van der Waals surface area contributed by atoms with Gasteiger partial charge in [-0.2, -0.15) is 11.8 Å². The SMILES string of the molecule is CCCSC1CCN(CCN)CC1. The van der Waals surface area contributed by atoms with Crippen LogP contribution in [-0.2, 0) is 0 Å². The Bertz CT molecular complexity index is 122. The van der Waals surface area contributed by atoms with E-state index in [1.807, 2.05) is 0 Å². The Kier molecular flexibility index (Phi) is 5.83. The maximum atomic E-state index is 5.53. The van der Waals surface area contributed by atoms with Gasteiger partial charge in [0, 0.05) is 18.3 Å². The fraction of sp³-hybridized carbons (Fsp3) is 1.00. The van der Waals surface area contributed by atoms with Crippen LogP contribution in [0.15, 0.2) is 0 Å². The molecule has 1 aliphatic heterocycles. The van der Waals surface area contributed by atoms with Crippen molar-refractivity contribution < 1.29 is 0 Å². The lowest BCUT2D eigenvalue weighted by atomic mass is 10.1. The number of hydrogen-bond donors (Lipinski definition) is 1. The lowest BCUT2D eigenvalue weighted by Gasteiger charge is -2.31. The fourth-order valence-electron chi connectivity index (χ4n) is 1.77. The van der Waals surface area contributed by atoms with Gasteiger partial charge in [0.2, 0.25) is 0 Å². The second kappa shape index (κ2) is 6.68. The zero-order valence-corrected chi connectivity index (χ0v) is 9.48. The summed E-state index contributed by atoms with van der Waals surface area (Å²) in [6.07, 6.45) is 4.04. The molecule has 0 bridgehead atoms. The molecular formula is C10H22N2S. The highest BCUT2D eigenvalue weighted by Crippen LogP contribution is 2.23. The van der Waals surface area contributed by atoms with Crippen molar-refractivity contribution in [1.82, 2.24) is 4.90 Å². The molecule has 1 fully saturated rings. The van der Waals surface area contributed by atoms with Crippen LogP contribution < -0.4 is 5.73 Å². The van der Waals surface area contributed by atoms with E-state index >= 15 is 0 Å². The molecule has 3 heteroatoms. The van der Waals surface area contributed by atoms with Gasteiger partial charge in [0.05, 0.1) is 0 Å². The Hall–Kier alpha value is 0.270. The van der Waals surface area contributed by atoms with Gasteiger partial charge < -0.3 is 10.6 Å². The first-order valence-electron chi connectivity index (χ1n) is 5.40. The number of piperidine rings is 1. The van der Waals surface area contributed by atoms with Gasteiger partial charge in [-0.05, 0) is 38.1 Å². The summed E-state index contributed by atoms with van der Waals surface area (Å²) in [6.45, 7) is 6.69. The molecule has 0 aromatic rings. The van der Waals surface area contributed by atoms with Gasteiger partial charge in [-0.15, -0.1) is 0 Å². The molecule has 2 N–H and O–H groups in total. The zero-order chi connectivity index (χ0) is 9.52. The molecule has 2 nitrogen and oxygen atoms in total. The summed E-state index contributed by atoms with van der Waals surface area (Å²) in [6, 6.07) is 0. The summed E-state index contributed by atoms with van der Waals surface area (Å²) in [5, 5.41) is 0.925. The minimum absolute atomic E-state index is 0.812. The Morgan fingerprint density at radius 1 is 1.38 bits per heavy atom. The van der Waals surface area contributed by atoms with Crippen LogP contribution in [-0.4, -0.2) is 42.1 Å². The number of thioether (sulfide) groups is 1. The normalized spacial score (nSPS) is 20.8. The smallest absolute Gasteiger partial charge is 0.0105 e. The van der Waals surface area contributed by atoms with Crippen LogP contribution in [0.3, 0.4) is 0 Å². The second-order valence-corrected chi connectivity index (χ2v) is 5.11. The quantitative estimate of drug-likeness (QED) is 0.733. The van der Waals surface area contributed by atoms with Crippen LogP contribution in [0.25, 0.3) is 0 Å². The van der Waals surface area contributed by atoms with Gasteiger partial charge in [-0.3, -0.25) is 0 Å². The number of hydrogen-bond acceptors (Lipinski definition) is 3. The van der Waals surface area contributed by atoms with E-state index in [4.69, 9.17) is 5.73 Å². The zero-order valence-electron chi connectivity index (χ0n) is 8.67. The van der Waals surface area contributed by atoms with E-state index in [1.165, 1.54) is 38.1 Å². The first kappa shape index (κ1) is 11.3. The topological polar surface area (TPSA) is 29.3 Å². The maximum Gasteiger partial charge on any atom is 0.0105 e. The molecule has 1 rings (SSSR count). The van der Waals surface area contributed by atoms with Crippen molar-refractivity contribution in [1.29, 1.82) is 0 Å². The summed E-state index contributed by atoms with van der Waals surface area (Å²) >= 11 is 2.16. The predicted octanol–water partition coefficient (Wildman–Crippen LogP) is 1.55. The van der Waals surface area contributed by atoms with Crippen molar-refractivity contribution in [2.24, 2.45) is 5.73 Å². The highest BCUT2D eigenvalue weighted by atomic mass is 32.2. The largest absolute Gasteiger partial charge is 0.329 e. The third-order valence-electron chi connectivity index (χ3n) is 2.54. The lowest BCUT2D eigenvalue weighted by molar-refractivity contribution is 0.239. The van der Waals surface area contributed by atoms with E-state index in [2.05, 4.69) is 23.6 Å². The van der Waals surface area contributed by atoms with Gasteiger partial charge >= 0.3 is 0 Å². The Morgan fingerprint density at radius 2 is 2.08 bits per heavy atom. The van der Waals surface area contributed by atoms with Crippen LogP contribution in [0.4, 0.5) is 0 Å². The average molecular weight is 202 g/mol. The average Bonchev–Trinajstić information content (AvgIpc) is 2.17. The van der Waals surface area contributed by atoms with Crippen LogP contribution in [0.2, 0.25) is 0 Å². The minimum atomic E-state index is 0.812. The molecular weight excluding hydrogens is 180 g/mol. The van der Waals surface area contributed by atoms with E-state index in [1.54, 1.807) is 0 Å². The Labute approximate surface area is 86.2 Å². The summed E-state index contributed by atoms with van der Waals surface area (Å²) in [5.74, 6) is 1.33. The van der Waals surface area contributed by atoms with Crippen molar-refractivity contribution in [3.63, 3.8) is 0 Å². The highest BCUT2D eigenvalue weighted by Gasteiger charge is 2.17. The number of nitrogens with zero attached hydrogens (tertiary/aromatic N) is 1. The van der Waals surface area contributed by atoms with Gasteiger partial charge in [0.15, 0.2) is 0 Å². The van der Waals surface area contributed by atoms with Crippen LogP contribution in [0, 0.1) is 0 Å². The van der Waals surface area contributed by atoms with Crippen molar-refractivity contribution in [3.05, 3.63) is 0 Å². The van der Waals surface area contributed by atoms with Gasteiger partial charge in [0.1, 0.15) is 0 Å². The molecule has 0 radical (unpaired) electrons. The molecule has 0 unspecified atom stereocenters. The van der Waals surface area contributed by atoms with E-state index in [-0.39, 0.29) is 0 Å². The molecule has 0 saturated carbocycles. The summed E-state index contributed by atoms with van der Waals surface area (Å²) in [4.78, 5) is 2.49. The molecule has 13 heavy (non-hydrogen) atoms. The molecule has 0 atom stereocenters. The van der Waals surface area contributed by atoms with Crippen molar-refractivity contribution in [3.8, 4) is 0 Å². The molecule has 0 amide bonds. The number of likely N-dealkylation sites (tertiary alicyclic amines) is 1. The second-order valence-electron chi connectivity index (χ2n) is 3.70. The Morgan fingerprint density at radius 3 is 2.62 bits per heavy atom. The molecule has 1 saturated heterocycles. The van der Waals surface area contributed by atoms with Crippen molar-refractivity contribution >= 4 is 11.8 Å². The van der Waals surface area contributed by atoms with E-state index < -0.39 is 0 Å². The lowest BCUT2D eigenvalue weighted by Crippen LogP contribution is -2.37. The fourth-order valence-corrected chi connectivity index (χ4v) is 2.88. The van der Waals surface area contributed by atoms with Crippen LogP contribution >= 0.6 is 11.8 Å². The monoisotopic (exact) mass is 202 g/mol. The summed E-state index contributed by atoms with van der Waals surface area (Å²) in [5.41, 5.74) is 5.53. The summed E-state index contributed by atoms with van der Waals surface area (Å²) < 4.78 is 0. The molecule has 1 heterocycles. The standard InChI is InChI=1S/C10H22N2S/c1-2-9-13-10-3-6-12(7-4-10)8-5-11/h10H,2-9,11H2,1H3. The van der Waals surface area contributed by atoms with Crippen LogP contribution in [0.5, 0.6) is 0 Å². The Balaban J connectivity index is 2.08. The van der Waals surface area contributed by atoms with Crippen molar-refractivity contribution in [2.75, 3.05) is 31.9 Å². The van der Waals surface area contributed by atoms with Crippen LogP contribution in [0.1, 0.15) is 26.2 Å². The minimum Gasteiger partial charge on any atom is -0.329 e. The molecule has 0 aromatic carbocycles. The first-order valence-corrected chi connectivity index (χ1v) is 6.45. The van der Waals surface area contributed by atoms with Crippen molar-refractivity contribution in [2.45, 2.75) is 31.4 Å². The maximum absolute atomic E-state index is 5.53. The molecule has 0 aliphatic carbocycles. The third kappa shape index (κ3) is 4.34. The van der Waals surface area contributed by atoms with Gasteiger partial charge in [0.25, 0.3) is 0 Å². The number of nitrogens with two attached hydrogens (primary N) is 1. The predicted molar refractivity (Wildman–Crippen MR) is 61.3 cm³/mol. The van der Waals surface area contributed by atoms with E-state index in [0.29, 0.717) is 0 Å². The van der Waals surface area contributed by atoms with E-state index in [9.17, 15) is 0 Å². The molecule has 78 valence electrons. The first-order chi connectivity index (χ1) is 6.36. The number of rotatable bonds is 5. The molecule has 0 aromatic heterocycles.